The van der Waals surface area contributed by atoms with Gasteiger partial charge in [0.1, 0.15) is 0 Å². The fourth-order valence-electron chi connectivity index (χ4n) is 2.89. The van der Waals surface area contributed by atoms with Crippen LogP contribution in [-0.4, -0.2) is 31.1 Å². The second-order valence-corrected chi connectivity index (χ2v) is 5.28. The molecule has 0 aliphatic carbocycles. The molecule has 1 heterocycles. The maximum absolute atomic E-state index is 9.18. The molecule has 0 saturated carbocycles. The lowest BCUT2D eigenvalue weighted by Crippen LogP contribution is -2.40. The Balaban J connectivity index is 2.04. The van der Waals surface area contributed by atoms with Crippen molar-refractivity contribution >= 4 is 0 Å². The lowest BCUT2D eigenvalue weighted by atomic mass is 9.97. The molecule has 0 bridgehead atoms. The van der Waals surface area contributed by atoms with Crippen LogP contribution < -0.4 is 5.32 Å². The van der Waals surface area contributed by atoms with E-state index in [0.29, 0.717) is 6.04 Å². The molecule has 19 heavy (non-hydrogen) atoms. The van der Waals surface area contributed by atoms with E-state index in [1.165, 1.54) is 31.2 Å². The second kappa shape index (κ2) is 7.28. The van der Waals surface area contributed by atoms with Gasteiger partial charge in [0, 0.05) is 12.6 Å². The van der Waals surface area contributed by atoms with E-state index in [4.69, 9.17) is 0 Å². The molecule has 0 radical (unpaired) electrons. The van der Waals surface area contributed by atoms with Gasteiger partial charge >= 0.3 is 0 Å². The van der Waals surface area contributed by atoms with Gasteiger partial charge in [-0.2, -0.15) is 5.26 Å². The van der Waals surface area contributed by atoms with Crippen molar-refractivity contribution in [2.24, 2.45) is 0 Å². The number of hydrogen-bond donors (Lipinski definition) is 1. The van der Waals surface area contributed by atoms with Crippen molar-refractivity contribution in [2.75, 3.05) is 20.1 Å². The van der Waals surface area contributed by atoms with Crippen molar-refractivity contribution < 1.29 is 0 Å². The molecule has 1 aliphatic rings. The molecule has 1 saturated heterocycles. The van der Waals surface area contributed by atoms with Crippen LogP contribution in [0.3, 0.4) is 0 Å². The molecular formula is C16H23N3. The van der Waals surface area contributed by atoms with Gasteiger partial charge in [-0.05, 0) is 51.0 Å². The zero-order valence-electron chi connectivity index (χ0n) is 11.7. The third-order valence-corrected chi connectivity index (χ3v) is 3.99. The fraction of sp³-hybridized carbons (Fsp3) is 0.562. The summed E-state index contributed by atoms with van der Waals surface area (Å²) in [7, 11) is 2.01. The van der Waals surface area contributed by atoms with Crippen LogP contribution >= 0.6 is 0 Å². The minimum Gasteiger partial charge on any atom is -0.320 e. The molecule has 1 aromatic carbocycles. The van der Waals surface area contributed by atoms with E-state index in [1.807, 2.05) is 25.2 Å². The molecule has 2 rings (SSSR count). The minimum absolute atomic E-state index is 0.660. The Morgan fingerprint density at radius 3 is 3.00 bits per heavy atom. The van der Waals surface area contributed by atoms with Crippen molar-refractivity contribution in [1.29, 1.82) is 5.26 Å². The summed E-state index contributed by atoms with van der Waals surface area (Å²) < 4.78 is 0. The molecule has 0 amide bonds. The fourth-order valence-corrected chi connectivity index (χ4v) is 2.89. The topological polar surface area (TPSA) is 39.1 Å². The van der Waals surface area contributed by atoms with E-state index >= 15 is 0 Å². The highest BCUT2D eigenvalue weighted by molar-refractivity contribution is 5.37. The predicted molar refractivity (Wildman–Crippen MR) is 77.7 cm³/mol. The Labute approximate surface area is 116 Å². The Hall–Kier alpha value is -1.37. The van der Waals surface area contributed by atoms with Crippen LogP contribution in [0.25, 0.3) is 0 Å². The lowest BCUT2D eigenvalue weighted by Gasteiger charge is -2.36. The van der Waals surface area contributed by atoms with Gasteiger partial charge in [-0.25, -0.2) is 0 Å². The Kier molecular flexibility index (Phi) is 5.38. The van der Waals surface area contributed by atoms with Gasteiger partial charge in [0.05, 0.1) is 11.6 Å². The van der Waals surface area contributed by atoms with E-state index in [2.05, 4.69) is 22.4 Å². The number of nitrogens with one attached hydrogen (secondary N) is 1. The van der Waals surface area contributed by atoms with Crippen molar-refractivity contribution in [3.63, 3.8) is 0 Å². The summed E-state index contributed by atoms with van der Waals surface area (Å²) in [6.45, 7) is 3.15. The highest BCUT2D eigenvalue weighted by Crippen LogP contribution is 2.22. The van der Waals surface area contributed by atoms with Crippen LogP contribution in [0.2, 0.25) is 0 Å². The first-order valence-corrected chi connectivity index (χ1v) is 7.22. The number of hydrogen-bond acceptors (Lipinski definition) is 3. The maximum Gasteiger partial charge on any atom is 0.0995 e. The van der Waals surface area contributed by atoms with Crippen LogP contribution in [0.5, 0.6) is 0 Å². The third-order valence-electron chi connectivity index (χ3n) is 3.99. The van der Waals surface area contributed by atoms with Crippen molar-refractivity contribution in [1.82, 2.24) is 10.2 Å². The van der Waals surface area contributed by atoms with E-state index in [-0.39, 0.29) is 0 Å². The van der Waals surface area contributed by atoms with Gasteiger partial charge < -0.3 is 5.32 Å². The number of rotatable bonds is 5. The highest BCUT2D eigenvalue weighted by Gasteiger charge is 2.22. The van der Waals surface area contributed by atoms with E-state index in [0.717, 1.165) is 25.2 Å². The molecule has 1 aromatic rings. The molecule has 1 atom stereocenters. The van der Waals surface area contributed by atoms with Crippen LogP contribution in [0.4, 0.5) is 0 Å². The molecule has 1 aliphatic heterocycles. The zero-order chi connectivity index (χ0) is 13.5. The SMILES string of the molecule is CNCCC1CCCCN1Cc1ccccc1C#N. The average molecular weight is 257 g/mol. The van der Waals surface area contributed by atoms with Crippen molar-refractivity contribution in [3.05, 3.63) is 35.4 Å². The largest absolute Gasteiger partial charge is 0.320 e. The molecule has 1 N–H and O–H groups in total. The lowest BCUT2D eigenvalue weighted by molar-refractivity contribution is 0.132. The van der Waals surface area contributed by atoms with Crippen molar-refractivity contribution in [3.8, 4) is 6.07 Å². The first-order valence-electron chi connectivity index (χ1n) is 7.22. The number of benzene rings is 1. The summed E-state index contributed by atoms with van der Waals surface area (Å²) in [5.74, 6) is 0. The Morgan fingerprint density at radius 2 is 2.21 bits per heavy atom. The standard InChI is InChI=1S/C16H23N3/c1-18-10-9-16-8-4-5-11-19(16)13-15-7-3-2-6-14(15)12-17/h2-3,6-7,16,18H,4-5,8-11,13H2,1H3. The van der Waals surface area contributed by atoms with Gasteiger partial charge in [-0.3, -0.25) is 4.90 Å². The molecule has 1 unspecified atom stereocenters. The quantitative estimate of drug-likeness (QED) is 0.881. The third kappa shape index (κ3) is 3.79. The number of likely N-dealkylation sites (tertiary alicyclic amines) is 1. The van der Waals surface area contributed by atoms with Gasteiger partial charge in [0.25, 0.3) is 0 Å². The molecular weight excluding hydrogens is 234 g/mol. The molecule has 0 spiro atoms. The molecule has 3 nitrogen and oxygen atoms in total. The average Bonchev–Trinajstić information content (AvgIpc) is 2.47. The van der Waals surface area contributed by atoms with E-state index in [1.54, 1.807) is 0 Å². The van der Waals surface area contributed by atoms with Gasteiger partial charge in [0.2, 0.25) is 0 Å². The summed E-state index contributed by atoms with van der Waals surface area (Å²) in [6.07, 6.45) is 5.11. The maximum atomic E-state index is 9.18. The molecule has 1 fully saturated rings. The number of nitriles is 1. The summed E-state index contributed by atoms with van der Waals surface area (Å²) in [5, 5.41) is 12.4. The van der Waals surface area contributed by atoms with Crippen LogP contribution in [0.15, 0.2) is 24.3 Å². The smallest absolute Gasteiger partial charge is 0.0995 e. The predicted octanol–water partition coefficient (Wildman–Crippen LogP) is 2.52. The van der Waals surface area contributed by atoms with Gasteiger partial charge in [-0.15, -0.1) is 0 Å². The Bertz CT molecular complexity index is 436. The summed E-state index contributed by atoms with van der Waals surface area (Å²) >= 11 is 0. The van der Waals surface area contributed by atoms with Crippen molar-refractivity contribution in [2.45, 2.75) is 38.3 Å². The molecule has 0 aromatic heterocycles. The summed E-state index contributed by atoms with van der Waals surface area (Å²) in [5.41, 5.74) is 1.99. The normalized spacial score (nSPS) is 20.1. The molecule has 102 valence electrons. The number of nitrogens with zero attached hydrogens (tertiary/aromatic N) is 2. The Morgan fingerprint density at radius 1 is 1.37 bits per heavy atom. The second-order valence-electron chi connectivity index (χ2n) is 5.28. The number of piperidine rings is 1. The van der Waals surface area contributed by atoms with E-state index < -0.39 is 0 Å². The van der Waals surface area contributed by atoms with E-state index in [9.17, 15) is 5.26 Å². The van der Waals surface area contributed by atoms with Crippen LogP contribution in [0, 0.1) is 11.3 Å². The first kappa shape index (κ1) is 14.0. The molecule has 3 heteroatoms. The highest BCUT2D eigenvalue weighted by atomic mass is 15.2. The van der Waals surface area contributed by atoms with Gasteiger partial charge in [-0.1, -0.05) is 24.6 Å². The first-order chi connectivity index (χ1) is 9.35. The zero-order valence-corrected chi connectivity index (χ0v) is 11.7. The summed E-state index contributed by atoms with van der Waals surface area (Å²) in [6, 6.07) is 10.9. The monoisotopic (exact) mass is 257 g/mol. The van der Waals surface area contributed by atoms with Crippen LogP contribution in [0.1, 0.15) is 36.8 Å². The van der Waals surface area contributed by atoms with Crippen LogP contribution in [-0.2, 0) is 6.54 Å². The van der Waals surface area contributed by atoms with Gasteiger partial charge in [0.15, 0.2) is 0 Å². The minimum atomic E-state index is 0.660. The summed E-state index contributed by atoms with van der Waals surface area (Å²) in [4.78, 5) is 2.55.